The van der Waals surface area contributed by atoms with Crippen LogP contribution in [0.15, 0.2) is 30.3 Å². The van der Waals surface area contributed by atoms with Gasteiger partial charge in [0, 0.05) is 13.1 Å². The number of carbonyl (C=O) groups excluding carboxylic acids is 2. The summed E-state index contributed by atoms with van der Waals surface area (Å²) in [6.45, 7) is 3.56. The molecule has 0 saturated carbocycles. The number of esters is 1. The molecule has 1 unspecified atom stereocenters. The van der Waals surface area contributed by atoms with Gasteiger partial charge in [0.15, 0.2) is 5.78 Å². The molecule has 0 amide bonds. The van der Waals surface area contributed by atoms with Gasteiger partial charge in [0.25, 0.3) is 0 Å². The fourth-order valence-electron chi connectivity index (χ4n) is 2.17. The van der Waals surface area contributed by atoms with Crippen molar-refractivity contribution in [3.63, 3.8) is 0 Å². The third kappa shape index (κ3) is 4.04. The van der Waals surface area contributed by atoms with Gasteiger partial charge < -0.3 is 4.74 Å². The Bertz CT molecular complexity index is 436. The molecule has 1 aliphatic heterocycles. The Hall–Kier alpha value is -1.39. The molecular formula is C14H18ClNO3. The van der Waals surface area contributed by atoms with E-state index < -0.39 is 11.9 Å². The van der Waals surface area contributed by atoms with Gasteiger partial charge >= 0.3 is 5.97 Å². The van der Waals surface area contributed by atoms with Gasteiger partial charge in [-0.05, 0) is 12.5 Å². The highest BCUT2D eigenvalue weighted by Gasteiger charge is 2.36. The number of ketones is 1. The van der Waals surface area contributed by atoms with Crippen molar-refractivity contribution in [1.29, 1.82) is 0 Å². The molecule has 104 valence electrons. The first-order chi connectivity index (χ1) is 8.70. The lowest BCUT2D eigenvalue weighted by molar-refractivity contribution is -0.149. The summed E-state index contributed by atoms with van der Waals surface area (Å²) in [5, 5.41) is 0. The molecule has 0 bridgehead atoms. The van der Waals surface area contributed by atoms with Crippen molar-refractivity contribution in [1.82, 2.24) is 4.90 Å². The Balaban J connectivity index is 0.00000180. The predicted octanol–water partition coefficient (Wildman–Crippen LogP) is 1.67. The molecule has 2 rings (SSSR count). The molecule has 1 fully saturated rings. The summed E-state index contributed by atoms with van der Waals surface area (Å²) >= 11 is 0. The highest BCUT2D eigenvalue weighted by Crippen LogP contribution is 2.17. The Kier molecular flexibility index (Phi) is 5.99. The van der Waals surface area contributed by atoms with E-state index in [1.165, 1.54) is 0 Å². The Morgan fingerprint density at radius 2 is 2.05 bits per heavy atom. The molecule has 1 aliphatic rings. The van der Waals surface area contributed by atoms with Gasteiger partial charge in [-0.1, -0.05) is 30.3 Å². The summed E-state index contributed by atoms with van der Waals surface area (Å²) in [5.74, 6) is -1.03. The molecule has 1 saturated heterocycles. The second-order valence-corrected chi connectivity index (χ2v) is 4.43. The molecule has 0 aliphatic carbocycles. The van der Waals surface area contributed by atoms with Crippen LogP contribution in [0.1, 0.15) is 12.5 Å². The van der Waals surface area contributed by atoms with E-state index in [0.717, 1.165) is 5.56 Å². The van der Waals surface area contributed by atoms with E-state index in [-0.39, 0.29) is 18.2 Å². The number of Topliss-reactive ketones (excluding diaryl/α,β-unsaturated/α-hetero) is 1. The van der Waals surface area contributed by atoms with Crippen molar-refractivity contribution >= 4 is 24.2 Å². The summed E-state index contributed by atoms with van der Waals surface area (Å²) < 4.78 is 4.91. The monoisotopic (exact) mass is 283 g/mol. The summed E-state index contributed by atoms with van der Waals surface area (Å²) in [7, 11) is 0. The average Bonchev–Trinajstić information content (AvgIpc) is 2.72. The maximum atomic E-state index is 11.7. The molecule has 1 aromatic rings. The first-order valence-corrected chi connectivity index (χ1v) is 6.16. The van der Waals surface area contributed by atoms with Crippen LogP contribution in [-0.4, -0.2) is 36.3 Å². The SMILES string of the molecule is CCOC(=O)C1CN(Cc2ccccc2)CC1=O.Cl. The van der Waals surface area contributed by atoms with Crippen LogP contribution in [0, 0.1) is 5.92 Å². The number of ether oxygens (including phenoxy) is 1. The standard InChI is InChI=1S/C14H17NO3.ClH/c1-2-18-14(17)12-9-15(10-13(12)16)8-11-6-4-3-5-7-11;/h3-7,12H,2,8-10H2,1H3;1H. The van der Waals surface area contributed by atoms with E-state index in [0.29, 0.717) is 26.2 Å². The molecule has 0 radical (unpaired) electrons. The van der Waals surface area contributed by atoms with Crippen LogP contribution in [0.5, 0.6) is 0 Å². The van der Waals surface area contributed by atoms with Crippen LogP contribution in [0.4, 0.5) is 0 Å². The highest BCUT2D eigenvalue weighted by molar-refractivity contribution is 6.01. The van der Waals surface area contributed by atoms with Crippen molar-refractivity contribution < 1.29 is 14.3 Å². The van der Waals surface area contributed by atoms with E-state index >= 15 is 0 Å². The molecule has 0 spiro atoms. The largest absolute Gasteiger partial charge is 0.465 e. The maximum absolute atomic E-state index is 11.7. The molecule has 1 atom stereocenters. The Morgan fingerprint density at radius 3 is 2.68 bits per heavy atom. The van der Waals surface area contributed by atoms with Crippen LogP contribution in [0.25, 0.3) is 0 Å². The first kappa shape index (κ1) is 15.7. The lowest BCUT2D eigenvalue weighted by Gasteiger charge is -2.14. The van der Waals surface area contributed by atoms with Crippen LogP contribution < -0.4 is 0 Å². The van der Waals surface area contributed by atoms with Crippen molar-refractivity contribution in [3.05, 3.63) is 35.9 Å². The molecule has 0 N–H and O–H groups in total. The van der Waals surface area contributed by atoms with E-state index in [1.807, 2.05) is 35.2 Å². The molecule has 4 nitrogen and oxygen atoms in total. The third-order valence-electron chi connectivity index (χ3n) is 3.03. The minimum Gasteiger partial charge on any atom is -0.465 e. The Morgan fingerprint density at radius 1 is 1.37 bits per heavy atom. The van der Waals surface area contributed by atoms with Gasteiger partial charge in [0.2, 0.25) is 0 Å². The average molecular weight is 284 g/mol. The van der Waals surface area contributed by atoms with Gasteiger partial charge in [-0.25, -0.2) is 0 Å². The second kappa shape index (κ2) is 7.26. The normalized spacial score (nSPS) is 19.0. The third-order valence-corrected chi connectivity index (χ3v) is 3.03. The number of likely N-dealkylation sites (tertiary alicyclic amines) is 1. The zero-order valence-electron chi connectivity index (χ0n) is 10.9. The van der Waals surface area contributed by atoms with Crippen LogP contribution in [0.3, 0.4) is 0 Å². The minimum atomic E-state index is -0.603. The van der Waals surface area contributed by atoms with E-state index in [1.54, 1.807) is 6.92 Å². The fourth-order valence-corrected chi connectivity index (χ4v) is 2.17. The summed E-state index contributed by atoms with van der Waals surface area (Å²) in [4.78, 5) is 25.3. The molecule has 1 heterocycles. The van der Waals surface area contributed by atoms with Crippen molar-refractivity contribution in [2.24, 2.45) is 5.92 Å². The minimum absolute atomic E-state index is 0. The van der Waals surface area contributed by atoms with Crippen molar-refractivity contribution in [2.45, 2.75) is 13.5 Å². The second-order valence-electron chi connectivity index (χ2n) is 4.43. The lowest BCUT2D eigenvalue weighted by Crippen LogP contribution is -2.25. The van der Waals surface area contributed by atoms with Crippen molar-refractivity contribution in [2.75, 3.05) is 19.7 Å². The number of carbonyl (C=O) groups is 2. The number of halogens is 1. The van der Waals surface area contributed by atoms with E-state index in [9.17, 15) is 9.59 Å². The van der Waals surface area contributed by atoms with Crippen molar-refractivity contribution in [3.8, 4) is 0 Å². The summed E-state index contributed by atoms with van der Waals surface area (Å²) in [5.41, 5.74) is 1.15. The lowest BCUT2D eigenvalue weighted by atomic mass is 10.1. The van der Waals surface area contributed by atoms with Gasteiger partial charge in [-0.3, -0.25) is 14.5 Å². The smallest absolute Gasteiger partial charge is 0.317 e. The predicted molar refractivity (Wildman–Crippen MR) is 74.1 cm³/mol. The van der Waals surface area contributed by atoms with Crippen LogP contribution in [0.2, 0.25) is 0 Å². The molecule has 1 aromatic carbocycles. The maximum Gasteiger partial charge on any atom is 0.317 e. The number of benzene rings is 1. The van der Waals surface area contributed by atoms with Crippen LogP contribution >= 0.6 is 12.4 Å². The number of hydrogen-bond acceptors (Lipinski definition) is 4. The summed E-state index contributed by atoms with van der Waals surface area (Å²) in [6.07, 6.45) is 0. The molecule has 0 aromatic heterocycles. The zero-order chi connectivity index (χ0) is 13.0. The van der Waals surface area contributed by atoms with Gasteiger partial charge in [-0.2, -0.15) is 0 Å². The topological polar surface area (TPSA) is 46.6 Å². The van der Waals surface area contributed by atoms with Gasteiger partial charge in [-0.15, -0.1) is 12.4 Å². The number of rotatable bonds is 4. The zero-order valence-corrected chi connectivity index (χ0v) is 11.7. The quantitative estimate of drug-likeness (QED) is 0.623. The Labute approximate surface area is 119 Å². The number of hydrogen-bond donors (Lipinski definition) is 0. The van der Waals surface area contributed by atoms with Gasteiger partial charge in [0.05, 0.1) is 13.2 Å². The summed E-state index contributed by atoms with van der Waals surface area (Å²) in [6, 6.07) is 9.93. The van der Waals surface area contributed by atoms with Gasteiger partial charge in [0.1, 0.15) is 5.92 Å². The molecular weight excluding hydrogens is 266 g/mol. The number of nitrogens with zero attached hydrogens (tertiary/aromatic N) is 1. The van der Waals surface area contributed by atoms with E-state index in [4.69, 9.17) is 4.74 Å². The molecule has 19 heavy (non-hydrogen) atoms. The fraction of sp³-hybridized carbons (Fsp3) is 0.429. The molecule has 5 heteroatoms. The highest BCUT2D eigenvalue weighted by atomic mass is 35.5. The van der Waals surface area contributed by atoms with Crippen LogP contribution in [-0.2, 0) is 20.9 Å². The van der Waals surface area contributed by atoms with E-state index in [2.05, 4.69) is 0 Å². The first-order valence-electron chi connectivity index (χ1n) is 6.16.